The summed E-state index contributed by atoms with van der Waals surface area (Å²) in [5.74, 6) is -0.346. The molecule has 1 aliphatic heterocycles. The Bertz CT molecular complexity index is 920. The van der Waals surface area contributed by atoms with Crippen molar-refractivity contribution in [3.63, 3.8) is 0 Å². The third-order valence-electron chi connectivity index (χ3n) is 4.76. The molecule has 3 aromatic rings. The molecule has 2 heterocycles. The van der Waals surface area contributed by atoms with E-state index < -0.39 is 0 Å². The Labute approximate surface area is 145 Å². The number of amides is 1. The van der Waals surface area contributed by atoms with Gasteiger partial charge in [-0.1, -0.05) is 24.3 Å². The van der Waals surface area contributed by atoms with Crippen molar-refractivity contribution >= 4 is 5.91 Å². The van der Waals surface area contributed by atoms with Gasteiger partial charge in [-0.3, -0.25) is 4.79 Å². The van der Waals surface area contributed by atoms with Gasteiger partial charge >= 0.3 is 0 Å². The van der Waals surface area contributed by atoms with Crippen LogP contribution >= 0.6 is 0 Å². The molecule has 4 rings (SSSR count). The molecule has 2 aromatic carbocycles. The van der Waals surface area contributed by atoms with Gasteiger partial charge in [0.15, 0.2) is 0 Å². The van der Waals surface area contributed by atoms with Crippen LogP contribution in [0.15, 0.2) is 60.9 Å². The molecule has 0 N–H and O–H groups in total. The topological polar surface area (TPSA) is 38.1 Å². The lowest BCUT2D eigenvalue weighted by Gasteiger charge is -2.35. The van der Waals surface area contributed by atoms with Gasteiger partial charge in [0.2, 0.25) is 0 Å². The van der Waals surface area contributed by atoms with Gasteiger partial charge in [-0.15, -0.1) is 0 Å². The SMILES string of the molecule is CC1c2cc(F)ccc2CCN1C(=O)c1cnn(-c2ccccc2)c1. The highest BCUT2D eigenvalue weighted by atomic mass is 19.1. The van der Waals surface area contributed by atoms with Crippen molar-refractivity contribution in [1.82, 2.24) is 14.7 Å². The number of rotatable bonds is 2. The predicted molar refractivity (Wildman–Crippen MR) is 93.1 cm³/mol. The molecule has 126 valence electrons. The number of fused-ring (bicyclic) bond motifs is 1. The van der Waals surface area contributed by atoms with E-state index >= 15 is 0 Å². The lowest BCUT2D eigenvalue weighted by molar-refractivity contribution is 0.0677. The van der Waals surface area contributed by atoms with Crippen LogP contribution in [0, 0.1) is 5.82 Å². The van der Waals surface area contributed by atoms with Gasteiger partial charge in [0.25, 0.3) is 5.91 Å². The Morgan fingerprint density at radius 1 is 1.20 bits per heavy atom. The lowest BCUT2D eigenvalue weighted by atomic mass is 9.93. The van der Waals surface area contributed by atoms with Gasteiger partial charge in [-0.2, -0.15) is 5.10 Å². The zero-order valence-electron chi connectivity index (χ0n) is 13.9. The van der Waals surface area contributed by atoms with Crippen molar-refractivity contribution in [3.05, 3.63) is 83.4 Å². The molecule has 0 spiro atoms. The maximum absolute atomic E-state index is 13.6. The van der Waals surface area contributed by atoms with Crippen LogP contribution in [0.4, 0.5) is 4.39 Å². The number of carbonyl (C=O) groups excluding carboxylic acids is 1. The molecular weight excluding hydrogens is 317 g/mol. The number of nitrogens with zero attached hydrogens (tertiary/aromatic N) is 3. The van der Waals surface area contributed by atoms with Gasteiger partial charge in [0.1, 0.15) is 5.82 Å². The Morgan fingerprint density at radius 2 is 2.00 bits per heavy atom. The largest absolute Gasteiger partial charge is 0.331 e. The van der Waals surface area contributed by atoms with Gasteiger partial charge in [-0.05, 0) is 48.7 Å². The van der Waals surface area contributed by atoms with Crippen LogP contribution in [0.2, 0.25) is 0 Å². The summed E-state index contributed by atoms with van der Waals surface area (Å²) in [7, 11) is 0. The number of aromatic nitrogens is 2. The number of hydrogen-bond donors (Lipinski definition) is 0. The second kappa shape index (κ2) is 6.16. The maximum Gasteiger partial charge on any atom is 0.257 e. The summed E-state index contributed by atoms with van der Waals surface area (Å²) in [6.45, 7) is 2.56. The van der Waals surface area contributed by atoms with Crippen molar-refractivity contribution in [3.8, 4) is 5.69 Å². The first-order chi connectivity index (χ1) is 12.1. The van der Waals surface area contributed by atoms with Crippen LogP contribution in [0.5, 0.6) is 0 Å². The molecule has 1 amide bonds. The number of benzene rings is 2. The van der Waals surface area contributed by atoms with E-state index in [0.29, 0.717) is 12.1 Å². The zero-order chi connectivity index (χ0) is 17.4. The zero-order valence-corrected chi connectivity index (χ0v) is 13.9. The minimum absolute atomic E-state index is 0.0791. The first-order valence-electron chi connectivity index (χ1n) is 8.33. The van der Waals surface area contributed by atoms with Crippen molar-refractivity contribution < 1.29 is 9.18 Å². The first kappa shape index (κ1) is 15.6. The van der Waals surface area contributed by atoms with Gasteiger partial charge in [0.05, 0.1) is 23.5 Å². The predicted octanol–water partition coefficient (Wildman–Crippen LogP) is 3.77. The highest BCUT2D eigenvalue weighted by Crippen LogP contribution is 2.31. The van der Waals surface area contributed by atoms with E-state index in [9.17, 15) is 9.18 Å². The molecule has 25 heavy (non-hydrogen) atoms. The second-order valence-corrected chi connectivity index (χ2v) is 6.28. The molecule has 1 atom stereocenters. The molecule has 0 saturated heterocycles. The molecule has 1 aliphatic rings. The summed E-state index contributed by atoms with van der Waals surface area (Å²) in [6, 6.07) is 14.3. The molecule has 5 heteroatoms. The van der Waals surface area contributed by atoms with Crippen molar-refractivity contribution in [2.24, 2.45) is 0 Å². The fraction of sp³-hybridized carbons (Fsp3) is 0.200. The van der Waals surface area contributed by atoms with E-state index in [4.69, 9.17) is 0 Å². The summed E-state index contributed by atoms with van der Waals surface area (Å²) in [6.07, 6.45) is 4.06. The third kappa shape index (κ3) is 2.82. The lowest BCUT2D eigenvalue weighted by Crippen LogP contribution is -2.38. The van der Waals surface area contributed by atoms with Crippen molar-refractivity contribution in [2.45, 2.75) is 19.4 Å². The second-order valence-electron chi connectivity index (χ2n) is 6.28. The first-order valence-corrected chi connectivity index (χ1v) is 8.33. The smallest absolute Gasteiger partial charge is 0.257 e. The molecule has 0 bridgehead atoms. The normalized spacial score (nSPS) is 16.6. The molecule has 0 saturated carbocycles. The van der Waals surface area contributed by atoms with Crippen LogP contribution in [-0.4, -0.2) is 27.1 Å². The van der Waals surface area contributed by atoms with Gasteiger partial charge in [-0.25, -0.2) is 9.07 Å². The molecule has 1 aromatic heterocycles. The minimum atomic E-state index is -0.267. The van der Waals surface area contributed by atoms with E-state index in [1.165, 1.54) is 12.1 Å². The summed E-state index contributed by atoms with van der Waals surface area (Å²) in [5.41, 5.74) is 3.43. The van der Waals surface area contributed by atoms with E-state index in [-0.39, 0.29) is 17.8 Å². The van der Waals surface area contributed by atoms with E-state index in [2.05, 4.69) is 5.10 Å². The molecule has 0 aliphatic carbocycles. The van der Waals surface area contributed by atoms with Crippen molar-refractivity contribution in [2.75, 3.05) is 6.54 Å². The number of halogens is 1. The van der Waals surface area contributed by atoms with Crippen LogP contribution in [0.3, 0.4) is 0 Å². The Hall–Kier alpha value is -2.95. The Morgan fingerprint density at radius 3 is 2.80 bits per heavy atom. The Balaban J connectivity index is 1.61. The van der Waals surface area contributed by atoms with Crippen LogP contribution in [-0.2, 0) is 6.42 Å². The highest BCUT2D eigenvalue weighted by Gasteiger charge is 2.29. The molecular formula is C20H18FN3O. The van der Waals surface area contributed by atoms with Crippen molar-refractivity contribution in [1.29, 1.82) is 0 Å². The van der Waals surface area contributed by atoms with Gasteiger partial charge in [0, 0.05) is 12.7 Å². The number of carbonyl (C=O) groups is 1. The van der Waals surface area contributed by atoms with E-state index in [0.717, 1.165) is 23.2 Å². The van der Waals surface area contributed by atoms with Gasteiger partial charge < -0.3 is 4.90 Å². The summed E-state index contributed by atoms with van der Waals surface area (Å²) in [5, 5.41) is 4.29. The van der Waals surface area contributed by atoms with Crippen LogP contribution in [0.25, 0.3) is 5.69 Å². The van der Waals surface area contributed by atoms with Crippen LogP contribution in [0.1, 0.15) is 34.5 Å². The minimum Gasteiger partial charge on any atom is -0.331 e. The highest BCUT2D eigenvalue weighted by molar-refractivity contribution is 5.94. The molecule has 0 fully saturated rings. The van der Waals surface area contributed by atoms with Crippen LogP contribution < -0.4 is 0 Å². The monoisotopic (exact) mass is 335 g/mol. The third-order valence-corrected chi connectivity index (χ3v) is 4.76. The molecule has 0 radical (unpaired) electrons. The summed E-state index contributed by atoms with van der Waals surface area (Å²) < 4.78 is 15.3. The standard InChI is InChI=1S/C20H18FN3O/c1-14-19-11-17(21)8-7-15(19)9-10-23(14)20(25)16-12-22-24(13-16)18-5-3-2-4-6-18/h2-8,11-14H,9-10H2,1H3. The Kier molecular flexibility index (Phi) is 3.84. The number of hydrogen-bond acceptors (Lipinski definition) is 2. The fourth-order valence-corrected chi connectivity index (χ4v) is 3.38. The molecule has 4 nitrogen and oxygen atoms in total. The van der Waals surface area contributed by atoms with E-state index in [1.807, 2.05) is 43.3 Å². The average Bonchev–Trinajstić information content (AvgIpc) is 3.13. The maximum atomic E-state index is 13.6. The summed E-state index contributed by atoms with van der Waals surface area (Å²) in [4.78, 5) is 14.7. The fourth-order valence-electron chi connectivity index (χ4n) is 3.38. The quantitative estimate of drug-likeness (QED) is 0.715. The van der Waals surface area contributed by atoms with E-state index in [1.54, 1.807) is 22.0 Å². The number of para-hydroxylation sites is 1. The molecule has 1 unspecified atom stereocenters. The average molecular weight is 335 g/mol. The summed E-state index contributed by atoms with van der Waals surface area (Å²) >= 11 is 0.